The van der Waals surface area contributed by atoms with Gasteiger partial charge in [0, 0.05) is 16.9 Å². The third kappa shape index (κ3) is 2.77. The Morgan fingerprint density at radius 3 is 1.85 bits per heavy atom. The van der Waals surface area contributed by atoms with Crippen LogP contribution in [0.25, 0.3) is 11.3 Å². The highest BCUT2D eigenvalue weighted by Crippen LogP contribution is 2.55. The second-order valence-corrected chi connectivity index (χ2v) is 8.91. The van der Waals surface area contributed by atoms with E-state index in [2.05, 4.69) is 42.5 Å². The lowest BCUT2D eigenvalue weighted by atomic mass is 9.68. The topological polar surface area (TPSA) is 102 Å². The highest BCUT2D eigenvalue weighted by atomic mass is 14.9. The molecule has 0 unspecified atom stereocenters. The van der Waals surface area contributed by atoms with Gasteiger partial charge in [-0.05, 0) is 66.6 Å². The second kappa shape index (κ2) is 7.18. The predicted molar refractivity (Wildman–Crippen MR) is 132 cm³/mol. The van der Waals surface area contributed by atoms with Gasteiger partial charge in [0.05, 0.1) is 23.0 Å². The van der Waals surface area contributed by atoms with Gasteiger partial charge in [-0.3, -0.25) is 4.98 Å². The Morgan fingerprint density at radius 1 is 0.818 bits per heavy atom. The van der Waals surface area contributed by atoms with E-state index in [1.165, 1.54) is 0 Å². The first kappa shape index (κ1) is 20.7. The SMILES string of the molecule is Cc1cc(C2(c3cc(C)c(N)c(C)c3)c3ccccc3-c3ncc(C#N)nc32)cc(C)c1N. The number of aryl methyl sites for hydroxylation is 4. The number of anilines is 2. The molecule has 0 saturated heterocycles. The molecule has 1 aromatic heterocycles. The lowest BCUT2D eigenvalue weighted by molar-refractivity contribution is 0.729. The molecule has 5 nitrogen and oxygen atoms in total. The summed E-state index contributed by atoms with van der Waals surface area (Å²) in [5.41, 5.74) is 23.6. The average molecular weight is 432 g/mol. The molecule has 0 aliphatic heterocycles. The van der Waals surface area contributed by atoms with Crippen molar-refractivity contribution in [2.24, 2.45) is 0 Å². The predicted octanol–water partition coefficient (Wildman–Crippen LogP) is 5.11. The Labute approximate surface area is 193 Å². The molecule has 1 aliphatic rings. The van der Waals surface area contributed by atoms with Crippen molar-refractivity contribution in [2.75, 3.05) is 11.5 Å². The monoisotopic (exact) mass is 431 g/mol. The van der Waals surface area contributed by atoms with Crippen LogP contribution in [0.2, 0.25) is 0 Å². The minimum absolute atomic E-state index is 0.290. The van der Waals surface area contributed by atoms with Crippen molar-refractivity contribution in [1.82, 2.24) is 9.97 Å². The Balaban J connectivity index is 2.02. The van der Waals surface area contributed by atoms with Gasteiger partial charge in [0.25, 0.3) is 0 Å². The van der Waals surface area contributed by atoms with Gasteiger partial charge in [0.1, 0.15) is 6.07 Å². The Kier molecular flexibility index (Phi) is 4.51. The van der Waals surface area contributed by atoms with Crippen molar-refractivity contribution in [3.05, 3.63) is 105 Å². The lowest BCUT2D eigenvalue weighted by Crippen LogP contribution is -2.31. The van der Waals surface area contributed by atoms with E-state index in [-0.39, 0.29) is 0 Å². The number of hydrogen-bond donors (Lipinski definition) is 2. The summed E-state index contributed by atoms with van der Waals surface area (Å²) in [6.45, 7) is 8.10. The highest BCUT2D eigenvalue weighted by Gasteiger charge is 2.49. The first-order chi connectivity index (χ1) is 15.8. The number of nitriles is 1. The summed E-state index contributed by atoms with van der Waals surface area (Å²) in [7, 11) is 0. The van der Waals surface area contributed by atoms with Crippen LogP contribution in [0.15, 0.2) is 54.7 Å². The molecule has 5 rings (SSSR count). The van der Waals surface area contributed by atoms with Crippen molar-refractivity contribution in [1.29, 1.82) is 5.26 Å². The van der Waals surface area contributed by atoms with Crippen LogP contribution in [0.5, 0.6) is 0 Å². The van der Waals surface area contributed by atoms with Crippen LogP contribution >= 0.6 is 0 Å². The maximum Gasteiger partial charge on any atom is 0.159 e. The van der Waals surface area contributed by atoms with Crippen LogP contribution in [0.4, 0.5) is 11.4 Å². The molecule has 4 aromatic rings. The second-order valence-electron chi connectivity index (χ2n) is 8.91. The molecule has 0 spiro atoms. The Hall–Kier alpha value is -4.17. The molecule has 0 radical (unpaired) electrons. The summed E-state index contributed by atoms with van der Waals surface area (Å²) >= 11 is 0. The van der Waals surface area contributed by atoms with E-state index >= 15 is 0 Å². The number of nitrogens with zero attached hydrogens (tertiary/aromatic N) is 3. The van der Waals surface area contributed by atoms with E-state index in [4.69, 9.17) is 21.4 Å². The summed E-state index contributed by atoms with van der Waals surface area (Å²) < 4.78 is 0. The number of fused-ring (bicyclic) bond motifs is 3. The van der Waals surface area contributed by atoms with Crippen LogP contribution in [0, 0.1) is 39.0 Å². The summed E-state index contributed by atoms with van der Waals surface area (Å²) in [4.78, 5) is 9.58. The van der Waals surface area contributed by atoms with Crippen molar-refractivity contribution in [3.8, 4) is 17.3 Å². The van der Waals surface area contributed by atoms with Gasteiger partial charge in [-0.15, -0.1) is 0 Å². The minimum atomic E-state index is -0.752. The largest absolute Gasteiger partial charge is 0.398 e. The van der Waals surface area contributed by atoms with Crippen molar-refractivity contribution in [2.45, 2.75) is 33.1 Å². The number of hydrogen-bond acceptors (Lipinski definition) is 5. The molecule has 0 fully saturated rings. The molecule has 5 heteroatoms. The van der Waals surface area contributed by atoms with E-state index in [1.54, 1.807) is 6.20 Å². The number of nitrogen functional groups attached to an aromatic ring is 2. The van der Waals surface area contributed by atoms with Gasteiger partial charge >= 0.3 is 0 Å². The fraction of sp³-hybridized carbons (Fsp3) is 0.179. The molecular weight excluding hydrogens is 406 g/mol. The van der Waals surface area contributed by atoms with Gasteiger partial charge in [-0.1, -0.05) is 48.5 Å². The van der Waals surface area contributed by atoms with Crippen LogP contribution < -0.4 is 11.5 Å². The fourth-order valence-corrected chi connectivity index (χ4v) is 5.18. The first-order valence-electron chi connectivity index (χ1n) is 10.9. The van der Waals surface area contributed by atoms with Crippen molar-refractivity contribution >= 4 is 11.4 Å². The molecular formula is C28H25N5. The molecule has 1 aliphatic carbocycles. The smallest absolute Gasteiger partial charge is 0.159 e. The number of rotatable bonds is 2. The number of nitrogens with two attached hydrogens (primary N) is 2. The third-order valence-corrected chi connectivity index (χ3v) is 6.88. The van der Waals surface area contributed by atoms with E-state index in [9.17, 15) is 5.26 Å². The molecule has 4 N–H and O–H groups in total. The van der Waals surface area contributed by atoms with Gasteiger partial charge in [-0.25, -0.2) is 4.98 Å². The van der Waals surface area contributed by atoms with E-state index in [1.807, 2.05) is 39.8 Å². The van der Waals surface area contributed by atoms with Gasteiger partial charge in [0.15, 0.2) is 5.69 Å². The summed E-state index contributed by atoms with van der Waals surface area (Å²) in [6, 6.07) is 19.0. The molecule has 162 valence electrons. The van der Waals surface area contributed by atoms with E-state index in [0.29, 0.717) is 5.69 Å². The lowest BCUT2D eigenvalue weighted by Gasteiger charge is -2.34. The van der Waals surface area contributed by atoms with E-state index in [0.717, 1.165) is 67.3 Å². The molecule has 1 heterocycles. The third-order valence-electron chi connectivity index (χ3n) is 6.88. The van der Waals surface area contributed by atoms with Crippen LogP contribution in [0.3, 0.4) is 0 Å². The quantitative estimate of drug-likeness (QED) is 0.378. The van der Waals surface area contributed by atoms with E-state index < -0.39 is 5.41 Å². The Bertz CT molecular complexity index is 1390. The molecule has 0 amide bonds. The Morgan fingerprint density at radius 2 is 1.33 bits per heavy atom. The van der Waals surface area contributed by atoms with Crippen LogP contribution in [0.1, 0.15) is 50.3 Å². The summed E-state index contributed by atoms with van der Waals surface area (Å²) in [5.74, 6) is 0. The van der Waals surface area contributed by atoms with Crippen molar-refractivity contribution < 1.29 is 0 Å². The molecule has 33 heavy (non-hydrogen) atoms. The zero-order valence-corrected chi connectivity index (χ0v) is 19.2. The minimum Gasteiger partial charge on any atom is -0.398 e. The molecule has 0 atom stereocenters. The number of benzene rings is 3. The highest BCUT2D eigenvalue weighted by molar-refractivity contribution is 5.83. The maximum absolute atomic E-state index is 9.66. The zero-order valence-electron chi connectivity index (χ0n) is 19.2. The fourth-order valence-electron chi connectivity index (χ4n) is 5.18. The van der Waals surface area contributed by atoms with Gasteiger partial charge < -0.3 is 11.5 Å². The van der Waals surface area contributed by atoms with Gasteiger partial charge in [-0.2, -0.15) is 5.26 Å². The normalized spacial score (nSPS) is 13.3. The van der Waals surface area contributed by atoms with Crippen LogP contribution in [-0.2, 0) is 5.41 Å². The van der Waals surface area contributed by atoms with Gasteiger partial charge in [0.2, 0.25) is 0 Å². The van der Waals surface area contributed by atoms with Crippen molar-refractivity contribution in [3.63, 3.8) is 0 Å². The standard InChI is InChI=1S/C28H25N5/c1-15-9-19(10-16(2)24(15)30)28(20-11-17(3)25(31)18(4)12-20)23-8-6-5-7-22(23)26-27(28)33-21(13-29)14-32-26/h5-12,14H,30-31H2,1-4H3. The summed E-state index contributed by atoms with van der Waals surface area (Å²) in [5, 5.41) is 9.66. The molecule has 3 aromatic carbocycles. The number of aromatic nitrogens is 2. The first-order valence-corrected chi connectivity index (χ1v) is 10.9. The molecule has 0 bridgehead atoms. The summed E-state index contributed by atoms with van der Waals surface area (Å²) in [6.07, 6.45) is 1.55. The zero-order chi connectivity index (χ0) is 23.5. The molecule has 0 saturated carbocycles. The maximum atomic E-state index is 9.66. The van der Waals surface area contributed by atoms with Crippen LogP contribution in [-0.4, -0.2) is 9.97 Å². The average Bonchev–Trinajstić information content (AvgIpc) is 3.10.